The third kappa shape index (κ3) is 2.01. The molecular formula is C9H15N3O. The van der Waals surface area contributed by atoms with Crippen LogP contribution in [0.2, 0.25) is 0 Å². The van der Waals surface area contributed by atoms with E-state index in [2.05, 4.69) is 10.4 Å². The molecule has 1 aliphatic heterocycles. The second-order valence-electron chi connectivity index (χ2n) is 3.46. The van der Waals surface area contributed by atoms with Gasteiger partial charge < -0.3 is 10.1 Å². The Morgan fingerprint density at radius 2 is 2.69 bits per heavy atom. The highest BCUT2D eigenvalue weighted by Crippen LogP contribution is 2.12. The summed E-state index contributed by atoms with van der Waals surface area (Å²) in [5, 5.41) is 7.56. The molecular weight excluding hydrogens is 166 g/mol. The molecule has 2 heterocycles. The van der Waals surface area contributed by atoms with E-state index < -0.39 is 0 Å². The van der Waals surface area contributed by atoms with Crippen LogP contribution in [0.3, 0.4) is 0 Å². The molecule has 72 valence electrons. The number of ether oxygens (including phenoxy) is 1. The molecule has 1 fully saturated rings. The summed E-state index contributed by atoms with van der Waals surface area (Å²) in [6, 6.07) is 0. The molecule has 1 aromatic heterocycles. The third-order valence-electron chi connectivity index (χ3n) is 2.45. The first-order chi connectivity index (χ1) is 6.38. The Morgan fingerprint density at radius 1 is 1.77 bits per heavy atom. The molecule has 4 heteroatoms. The van der Waals surface area contributed by atoms with E-state index in [9.17, 15) is 0 Å². The molecule has 0 saturated carbocycles. The fraction of sp³-hybridized carbons (Fsp3) is 0.667. The molecule has 4 nitrogen and oxygen atoms in total. The first-order valence-corrected chi connectivity index (χ1v) is 4.65. The third-order valence-corrected chi connectivity index (χ3v) is 2.45. The summed E-state index contributed by atoms with van der Waals surface area (Å²) in [6.45, 7) is 3.25. The molecule has 1 aliphatic rings. The van der Waals surface area contributed by atoms with Gasteiger partial charge in [-0.3, -0.25) is 4.68 Å². The Hall–Kier alpha value is -1.03. The summed E-state index contributed by atoms with van der Waals surface area (Å²) >= 11 is 0. The number of nitrogens with one attached hydrogen (secondary N) is 1. The van der Waals surface area contributed by atoms with Gasteiger partial charge in [0.1, 0.15) is 0 Å². The molecule has 0 bridgehead atoms. The summed E-state index contributed by atoms with van der Waals surface area (Å²) in [5.41, 5.74) is 0. The minimum atomic E-state index is 0.726. The van der Waals surface area contributed by atoms with Crippen molar-refractivity contribution in [2.24, 2.45) is 5.92 Å². The van der Waals surface area contributed by atoms with Gasteiger partial charge in [0.2, 0.25) is 0 Å². The zero-order valence-corrected chi connectivity index (χ0v) is 7.86. The minimum Gasteiger partial charge on any atom is -0.493 e. The van der Waals surface area contributed by atoms with Crippen molar-refractivity contribution >= 4 is 0 Å². The van der Waals surface area contributed by atoms with Crippen LogP contribution in [0.5, 0.6) is 5.75 Å². The number of methoxy groups -OCH3 is 1. The first-order valence-electron chi connectivity index (χ1n) is 4.65. The summed E-state index contributed by atoms with van der Waals surface area (Å²) < 4.78 is 7.02. The zero-order valence-electron chi connectivity index (χ0n) is 7.86. The summed E-state index contributed by atoms with van der Waals surface area (Å²) in [7, 11) is 1.67. The van der Waals surface area contributed by atoms with Crippen molar-refractivity contribution in [3.63, 3.8) is 0 Å². The van der Waals surface area contributed by atoms with Crippen LogP contribution in [0, 0.1) is 5.92 Å². The molecule has 1 aromatic rings. The molecule has 13 heavy (non-hydrogen) atoms. The van der Waals surface area contributed by atoms with E-state index in [0.717, 1.165) is 31.3 Å². The number of aromatic nitrogens is 2. The highest BCUT2D eigenvalue weighted by molar-refractivity contribution is 5.11. The topological polar surface area (TPSA) is 39.1 Å². The van der Waals surface area contributed by atoms with Crippen LogP contribution in [0.15, 0.2) is 12.4 Å². The molecule has 1 N–H and O–H groups in total. The average molecular weight is 181 g/mol. The smallest absolute Gasteiger partial charge is 0.156 e. The van der Waals surface area contributed by atoms with Gasteiger partial charge in [-0.25, -0.2) is 0 Å². The lowest BCUT2D eigenvalue weighted by atomic mass is 10.1. The zero-order chi connectivity index (χ0) is 9.10. The van der Waals surface area contributed by atoms with Crippen LogP contribution >= 0.6 is 0 Å². The van der Waals surface area contributed by atoms with E-state index in [1.807, 2.05) is 10.9 Å². The predicted molar refractivity (Wildman–Crippen MR) is 49.8 cm³/mol. The maximum absolute atomic E-state index is 5.06. The van der Waals surface area contributed by atoms with Crippen LogP contribution in [-0.2, 0) is 6.54 Å². The van der Waals surface area contributed by atoms with Gasteiger partial charge in [-0.05, 0) is 25.4 Å². The number of nitrogens with zero attached hydrogens (tertiary/aromatic N) is 2. The van der Waals surface area contributed by atoms with Crippen molar-refractivity contribution in [2.75, 3.05) is 20.2 Å². The molecule has 0 spiro atoms. The van der Waals surface area contributed by atoms with Crippen LogP contribution in [0.25, 0.3) is 0 Å². The van der Waals surface area contributed by atoms with Crippen LogP contribution in [0.4, 0.5) is 0 Å². The van der Waals surface area contributed by atoms with E-state index >= 15 is 0 Å². The molecule has 1 atom stereocenters. The SMILES string of the molecule is COc1cnn(CC2CCNC2)c1. The van der Waals surface area contributed by atoms with Gasteiger partial charge in [0.05, 0.1) is 19.5 Å². The lowest BCUT2D eigenvalue weighted by molar-refractivity contribution is 0.410. The van der Waals surface area contributed by atoms with Gasteiger partial charge in [-0.15, -0.1) is 0 Å². The molecule has 1 saturated heterocycles. The Bertz CT molecular complexity index is 266. The number of rotatable bonds is 3. The fourth-order valence-electron chi connectivity index (χ4n) is 1.68. The van der Waals surface area contributed by atoms with Crippen molar-refractivity contribution in [3.05, 3.63) is 12.4 Å². The molecule has 0 aliphatic carbocycles. The molecule has 2 rings (SSSR count). The van der Waals surface area contributed by atoms with Gasteiger partial charge in [0, 0.05) is 6.54 Å². The summed E-state index contributed by atoms with van der Waals surface area (Å²) in [4.78, 5) is 0. The maximum atomic E-state index is 5.06. The van der Waals surface area contributed by atoms with Gasteiger partial charge in [0.25, 0.3) is 0 Å². The van der Waals surface area contributed by atoms with E-state index in [1.54, 1.807) is 13.3 Å². The Morgan fingerprint density at radius 3 is 3.31 bits per heavy atom. The normalized spacial score (nSPS) is 22.1. The van der Waals surface area contributed by atoms with Crippen molar-refractivity contribution < 1.29 is 4.74 Å². The quantitative estimate of drug-likeness (QED) is 0.738. The highest BCUT2D eigenvalue weighted by atomic mass is 16.5. The second kappa shape index (κ2) is 3.79. The molecule has 0 amide bonds. The number of hydrogen-bond acceptors (Lipinski definition) is 3. The van der Waals surface area contributed by atoms with E-state index in [0.29, 0.717) is 0 Å². The van der Waals surface area contributed by atoms with Crippen molar-refractivity contribution in [2.45, 2.75) is 13.0 Å². The van der Waals surface area contributed by atoms with Gasteiger partial charge in [-0.2, -0.15) is 5.10 Å². The Labute approximate surface area is 77.9 Å². The Kier molecular flexibility index (Phi) is 2.49. The van der Waals surface area contributed by atoms with E-state index in [-0.39, 0.29) is 0 Å². The van der Waals surface area contributed by atoms with Crippen molar-refractivity contribution in [3.8, 4) is 5.75 Å². The Balaban J connectivity index is 1.92. The lowest BCUT2D eigenvalue weighted by Gasteiger charge is -2.06. The summed E-state index contributed by atoms with van der Waals surface area (Å²) in [6.07, 6.45) is 4.95. The van der Waals surface area contributed by atoms with Crippen LogP contribution in [0.1, 0.15) is 6.42 Å². The largest absolute Gasteiger partial charge is 0.493 e. The molecule has 0 radical (unpaired) electrons. The highest BCUT2D eigenvalue weighted by Gasteiger charge is 2.15. The maximum Gasteiger partial charge on any atom is 0.156 e. The summed E-state index contributed by atoms with van der Waals surface area (Å²) in [5.74, 6) is 1.57. The van der Waals surface area contributed by atoms with Crippen LogP contribution in [-0.4, -0.2) is 30.0 Å². The lowest BCUT2D eigenvalue weighted by Crippen LogP contribution is -2.14. The molecule has 1 unspecified atom stereocenters. The number of hydrogen-bond donors (Lipinski definition) is 1. The fourth-order valence-corrected chi connectivity index (χ4v) is 1.68. The van der Waals surface area contributed by atoms with Gasteiger partial charge in [-0.1, -0.05) is 0 Å². The van der Waals surface area contributed by atoms with Gasteiger partial charge >= 0.3 is 0 Å². The average Bonchev–Trinajstić information content (AvgIpc) is 2.76. The van der Waals surface area contributed by atoms with E-state index in [1.165, 1.54) is 6.42 Å². The van der Waals surface area contributed by atoms with Gasteiger partial charge in [0.15, 0.2) is 5.75 Å². The van der Waals surface area contributed by atoms with Crippen molar-refractivity contribution in [1.82, 2.24) is 15.1 Å². The molecule has 0 aromatic carbocycles. The van der Waals surface area contributed by atoms with Crippen molar-refractivity contribution in [1.29, 1.82) is 0 Å². The predicted octanol–water partition coefficient (Wildman–Crippen LogP) is 0.501. The minimum absolute atomic E-state index is 0.726. The standard InChI is InChI=1S/C9H15N3O/c1-13-9-5-11-12(7-9)6-8-2-3-10-4-8/h5,7-8,10H,2-4,6H2,1H3. The van der Waals surface area contributed by atoms with E-state index in [4.69, 9.17) is 4.74 Å². The van der Waals surface area contributed by atoms with Crippen LogP contribution < -0.4 is 10.1 Å². The first kappa shape index (κ1) is 8.56. The second-order valence-corrected chi connectivity index (χ2v) is 3.46. The monoisotopic (exact) mass is 181 g/mol.